The van der Waals surface area contributed by atoms with Crippen molar-refractivity contribution in [3.63, 3.8) is 0 Å². The highest BCUT2D eigenvalue weighted by atomic mass is 32.1. The Labute approximate surface area is 186 Å². The van der Waals surface area contributed by atoms with Crippen LogP contribution in [0.25, 0.3) is 10.9 Å². The van der Waals surface area contributed by atoms with Crippen LogP contribution in [0.4, 0.5) is 4.39 Å². The van der Waals surface area contributed by atoms with Crippen molar-refractivity contribution < 1.29 is 13.9 Å². The maximum absolute atomic E-state index is 13.3. The quantitative estimate of drug-likeness (QED) is 0.389. The van der Waals surface area contributed by atoms with E-state index >= 15 is 0 Å². The summed E-state index contributed by atoms with van der Waals surface area (Å²) in [5.74, 6) is 0.445. The molecule has 3 rings (SSSR count). The number of rotatable bonds is 9. The van der Waals surface area contributed by atoms with Gasteiger partial charge in [-0.25, -0.2) is 4.39 Å². The van der Waals surface area contributed by atoms with Gasteiger partial charge in [-0.05, 0) is 61.1 Å². The van der Waals surface area contributed by atoms with Gasteiger partial charge in [-0.15, -0.1) is 0 Å². The van der Waals surface area contributed by atoms with Gasteiger partial charge in [0.25, 0.3) is 5.56 Å². The summed E-state index contributed by atoms with van der Waals surface area (Å²) < 4.78 is 23.9. The first-order valence-electron chi connectivity index (χ1n) is 10.0. The van der Waals surface area contributed by atoms with Gasteiger partial charge in [0.2, 0.25) is 0 Å². The van der Waals surface area contributed by atoms with Crippen molar-refractivity contribution in [2.45, 2.75) is 20.0 Å². The zero-order valence-electron chi connectivity index (χ0n) is 17.6. The Morgan fingerprint density at radius 2 is 1.94 bits per heavy atom. The predicted octanol–water partition coefficient (Wildman–Crippen LogP) is 3.59. The third-order valence-electron chi connectivity index (χ3n) is 4.72. The molecular formula is C23H26FN3O3S. The SMILES string of the molecule is CCOc1ccc2[nH]c(=O)c(CN(Cc3ccc(F)cc3)C(=S)NCCOC)cc2c1. The van der Waals surface area contributed by atoms with Gasteiger partial charge in [0.05, 0.1) is 19.8 Å². The van der Waals surface area contributed by atoms with E-state index in [0.717, 1.165) is 22.2 Å². The number of H-pyrrole nitrogens is 1. The van der Waals surface area contributed by atoms with Crippen molar-refractivity contribution >= 4 is 28.2 Å². The van der Waals surface area contributed by atoms with E-state index in [4.69, 9.17) is 21.7 Å². The molecule has 0 atom stereocenters. The van der Waals surface area contributed by atoms with E-state index in [1.165, 1.54) is 12.1 Å². The minimum atomic E-state index is -0.299. The third-order valence-corrected chi connectivity index (χ3v) is 5.12. The molecule has 1 aromatic heterocycles. The van der Waals surface area contributed by atoms with Crippen LogP contribution in [0.1, 0.15) is 18.1 Å². The van der Waals surface area contributed by atoms with Crippen LogP contribution in [0.15, 0.2) is 53.3 Å². The third kappa shape index (κ3) is 6.26. The van der Waals surface area contributed by atoms with Crippen LogP contribution in [-0.4, -0.2) is 41.9 Å². The standard InChI is InChI=1S/C23H26FN3O3S/c1-3-30-20-8-9-21-17(13-20)12-18(22(28)26-21)15-27(23(31)25-10-11-29-2)14-16-4-6-19(24)7-5-16/h4-9,12-13H,3,10-11,14-15H2,1-2H3,(H,25,31)(H,26,28). The number of fused-ring (bicyclic) bond motifs is 1. The fourth-order valence-corrected chi connectivity index (χ4v) is 3.42. The average Bonchev–Trinajstić information content (AvgIpc) is 2.75. The van der Waals surface area contributed by atoms with Crippen LogP contribution in [0.5, 0.6) is 5.75 Å². The maximum Gasteiger partial charge on any atom is 0.253 e. The highest BCUT2D eigenvalue weighted by Gasteiger charge is 2.14. The summed E-state index contributed by atoms with van der Waals surface area (Å²) in [5.41, 5.74) is 2.01. The number of hydrogen-bond acceptors (Lipinski definition) is 4. The van der Waals surface area contributed by atoms with Gasteiger partial charge in [0.1, 0.15) is 11.6 Å². The lowest BCUT2D eigenvalue weighted by Gasteiger charge is -2.26. The normalized spacial score (nSPS) is 10.8. The molecule has 0 aliphatic rings. The Morgan fingerprint density at radius 1 is 1.16 bits per heavy atom. The van der Waals surface area contributed by atoms with E-state index in [0.29, 0.717) is 43.5 Å². The van der Waals surface area contributed by atoms with Crippen molar-refractivity contribution in [2.24, 2.45) is 0 Å². The molecule has 31 heavy (non-hydrogen) atoms. The fraction of sp³-hybridized carbons (Fsp3) is 0.304. The number of halogens is 1. The van der Waals surface area contributed by atoms with Crippen LogP contribution in [0.3, 0.4) is 0 Å². The van der Waals surface area contributed by atoms with Gasteiger partial charge < -0.3 is 24.7 Å². The second-order valence-corrected chi connectivity index (χ2v) is 7.40. The molecule has 0 unspecified atom stereocenters. The molecule has 0 amide bonds. The van der Waals surface area contributed by atoms with Crippen molar-refractivity contribution in [2.75, 3.05) is 26.9 Å². The first kappa shape index (κ1) is 22.7. The van der Waals surface area contributed by atoms with Gasteiger partial charge in [0, 0.05) is 36.7 Å². The van der Waals surface area contributed by atoms with Crippen molar-refractivity contribution in [3.05, 3.63) is 75.8 Å². The molecule has 0 saturated heterocycles. The molecule has 0 fully saturated rings. The number of aromatic amines is 1. The van der Waals surface area contributed by atoms with Gasteiger partial charge in [-0.2, -0.15) is 0 Å². The molecule has 0 radical (unpaired) electrons. The van der Waals surface area contributed by atoms with Crippen LogP contribution < -0.4 is 15.6 Å². The summed E-state index contributed by atoms with van der Waals surface area (Å²) in [6, 6.07) is 13.7. The summed E-state index contributed by atoms with van der Waals surface area (Å²) in [5, 5.41) is 4.51. The van der Waals surface area contributed by atoms with Gasteiger partial charge in [-0.3, -0.25) is 4.79 Å². The Bertz CT molecular complexity index is 1090. The van der Waals surface area contributed by atoms with Gasteiger partial charge >= 0.3 is 0 Å². The minimum Gasteiger partial charge on any atom is -0.494 e. The molecule has 0 aliphatic heterocycles. The molecule has 8 heteroatoms. The molecule has 2 N–H and O–H groups in total. The van der Waals surface area contributed by atoms with Crippen LogP contribution in [0.2, 0.25) is 0 Å². The lowest BCUT2D eigenvalue weighted by molar-refractivity contribution is 0.202. The minimum absolute atomic E-state index is 0.180. The van der Waals surface area contributed by atoms with E-state index in [2.05, 4.69) is 10.3 Å². The van der Waals surface area contributed by atoms with Crippen molar-refractivity contribution in [1.82, 2.24) is 15.2 Å². The number of aromatic nitrogens is 1. The summed E-state index contributed by atoms with van der Waals surface area (Å²) in [7, 11) is 1.62. The first-order chi connectivity index (χ1) is 15.0. The highest BCUT2D eigenvalue weighted by molar-refractivity contribution is 7.80. The topological polar surface area (TPSA) is 66.6 Å². The van der Waals surface area contributed by atoms with Gasteiger partial charge in [-0.1, -0.05) is 12.1 Å². The molecule has 6 nitrogen and oxygen atoms in total. The molecule has 3 aromatic rings. The van der Waals surface area contributed by atoms with Crippen LogP contribution in [-0.2, 0) is 17.8 Å². The van der Waals surface area contributed by atoms with E-state index < -0.39 is 0 Å². The molecule has 0 spiro atoms. The number of nitrogens with zero attached hydrogens (tertiary/aromatic N) is 1. The largest absolute Gasteiger partial charge is 0.494 e. The number of benzene rings is 2. The zero-order valence-corrected chi connectivity index (χ0v) is 18.4. The molecule has 0 aliphatic carbocycles. The number of ether oxygens (including phenoxy) is 2. The first-order valence-corrected chi connectivity index (χ1v) is 10.5. The molecule has 1 heterocycles. The Hall–Kier alpha value is -2.97. The second-order valence-electron chi connectivity index (χ2n) is 7.01. The Morgan fingerprint density at radius 3 is 2.65 bits per heavy atom. The second kappa shape index (κ2) is 10.9. The van der Waals surface area contributed by atoms with E-state index in [9.17, 15) is 9.18 Å². The number of pyridine rings is 1. The monoisotopic (exact) mass is 443 g/mol. The van der Waals surface area contributed by atoms with Crippen LogP contribution in [0, 0.1) is 5.82 Å². The Kier molecular flexibility index (Phi) is 7.97. The molecule has 0 saturated carbocycles. The smallest absolute Gasteiger partial charge is 0.253 e. The van der Waals surface area contributed by atoms with Crippen molar-refractivity contribution in [1.29, 1.82) is 0 Å². The van der Waals surface area contributed by atoms with Crippen molar-refractivity contribution in [3.8, 4) is 5.75 Å². The summed E-state index contributed by atoms with van der Waals surface area (Å²) >= 11 is 5.56. The molecule has 164 valence electrons. The van der Waals surface area contributed by atoms with E-state index in [1.54, 1.807) is 19.2 Å². The number of methoxy groups -OCH3 is 1. The zero-order chi connectivity index (χ0) is 22.2. The average molecular weight is 444 g/mol. The van der Waals surface area contributed by atoms with Crippen LogP contribution >= 0.6 is 12.2 Å². The number of nitrogens with one attached hydrogen (secondary N) is 2. The number of thiocarbonyl (C=S) groups is 1. The molecular weight excluding hydrogens is 417 g/mol. The maximum atomic E-state index is 13.3. The lowest BCUT2D eigenvalue weighted by Crippen LogP contribution is -2.41. The predicted molar refractivity (Wildman–Crippen MR) is 124 cm³/mol. The number of hydrogen-bond donors (Lipinski definition) is 2. The van der Waals surface area contributed by atoms with E-state index in [-0.39, 0.29) is 11.4 Å². The van der Waals surface area contributed by atoms with Gasteiger partial charge in [0.15, 0.2) is 5.11 Å². The Balaban J connectivity index is 1.88. The fourth-order valence-electron chi connectivity index (χ4n) is 3.19. The highest BCUT2D eigenvalue weighted by Crippen LogP contribution is 2.20. The summed E-state index contributed by atoms with van der Waals surface area (Å²) in [6.07, 6.45) is 0. The summed E-state index contributed by atoms with van der Waals surface area (Å²) in [4.78, 5) is 17.5. The molecule has 0 bridgehead atoms. The van der Waals surface area contributed by atoms with E-state index in [1.807, 2.05) is 36.1 Å². The summed E-state index contributed by atoms with van der Waals surface area (Å²) in [6.45, 7) is 4.25. The molecule has 2 aromatic carbocycles. The lowest BCUT2D eigenvalue weighted by atomic mass is 10.1.